The van der Waals surface area contributed by atoms with Crippen molar-refractivity contribution in [3.63, 3.8) is 0 Å². The average molecular weight is 278 g/mol. The number of hydrogen-bond acceptors (Lipinski definition) is 4. The second-order valence-electron chi connectivity index (χ2n) is 4.90. The molecule has 20 heavy (non-hydrogen) atoms. The van der Waals surface area contributed by atoms with Crippen molar-refractivity contribution < 1.29 is 14.3 Å². The zero-order valence-corrected chi connectivity index (χ0v) is 11.9. The van der Waals surface area contributed by atoms with E-state index in [1.165, 1.54) is 6.42 Å². The molecule has 1 aliphatic rings. The maximum Gasteiger partial charge on any atom is 0.262 e. The number of nitrogens with one attached hydrogen (secondary N) is 2. The van der Waals surface area contributed by atoms with Gasteiger partial charge in [-0.3, -0.25) is 4.79 Å². The van der Waals surface area contributed by atoms with Crippen LogP contribution in [0, 0.1) is 0 Å². The molecule has 1 aliphatic heterocycles. The minimum atomic E-state index is -0.0965. The van der Waals surface area contributed by atoms with Crippen LogP contribution in [0.5, 0.6) is 5.75 Å². The number of carbonyl (C=O) groups excluding carboxylic acids is 1. The largest absolute Gasteiger partial charge is 0.482 e. The molecule has 0 radical (unpaired) electrons. The SMILES string of the molecule is COCCCCCNCc1ccc2c(c1)NC(=O)CO2. The molecular weight excluding hydrogens is 256 g/mol. The lowest BCUT2D eigenvalue weighted by Gasteiger charge is -2.18. The molecule has 0 bridgehead atoms. The average Bonchev–Trinajstić information content (AvgIpc) is 2.46. The second kappa shape index (κ2) is 7.87. The molecule has 0 spiro atoms. The van der Waals surface area contributed by atoms with Crippen LogP contribution in [-0.2, 0) is 16.1 Å². The van der Waals surface area contributed by atoms with Gasteiger partial charge in [0.2, 0.25) is 0 Å². The minimum absolute atomic E-state index is 0.0965. The summed E-state index contributed by atoms with van der Waals surface area (Å²) in [6, 6.07) is 5.89. The monoisotopic (exact) mass is 278 g/mol. The maximum atomic E-state index is 11.3. The molecule has 0 atom stereocenters. The van der Waals surface area contributed by atoms with Gasteiger partial charge in [0.25, 0.3) is 5.91 Å². The predicted molar refractivity (Wildman–Crippen MR) is 78.0 cm³/mol. The van der Waals surface area contributed by atoms with Gasteiger partial charge < -0.3 is 20.1 Å². The van der Waals surface area contributed by atoms with E-state index < -0.39 is 0 Å². The van der Waals surface area contributed by atoms with E-state index in [0.29, 0.717) is 0 Å². The quantitative estimate of drug-likeness (QED) is 0.713. The maximum absolute atomic E-state index is 11.3. The number of anilines is 1. The Labute approximate surface area is 119 Å². The van der Waals surface area contributed by atoms with E-state index in [9.17, 15) is 4.79 Å². The van der Waals surface area contributed by atoms with Crippen LogP contribution in [0.3, 0.4) is 0 Å². The van der Waals surface area contributed by atoms with Crippen LogP contribution < -0.4 is 15.4 Å². The molecule has 2 N–H and O–H groups in total. The molecule has 5 nitrogen and oxygen atoms in total. The van der Waals surface area contributed by atoms with Gasteiger partial charge in [0.15, 0.2) is 6.61 Å². The fourth-order valence-corrected chi connectivity index (χ4v) is 2.15. The Bertz CT molecular complexity index is 449. The van der Waals surface area contributed by atoms with Crippen molar-refractivity contribution in [1.82, 2.24) is 5.32 Å². The highest BCUT2D eigenvalue weighted by Crippen LogP contribution is 2.28. The Morgan fingerprint density at radius 3 is 3.10 bits per heavy atom. The molecule has 0 saturated heterocycles. The Hall–Kier alpha value is -1.59. The number of benzene rings is 1. The normalized spacial score (nSPS) is 13.6. The van der Waals surface area contributed by atoms with Gasteiger partial charge in [-0.2, -0.15) is 0 Å². The summed E-state index contributed by atoms with van der Waals surface area (Å²) in [4.78, 5) is 11.3. The van der Waals surface area contributed by atoms with Crippen molar-refractivity contribution in [2.75, 3.05) is 32.2 Å². The lowest BCUT2D eigenvalue weighted by molar-refractivity contribution is -0.118. The second-order valence-corrected chi connectivity index (χ2v) is 4.90. The van der Waals surface area contributed by atoms with E-state index in [1.807, 2.05) is 18.2 Å². The topological polar surface area (TPSA) is 59.6 Å². The smallest absolute Gasteiger partial charge is 0.262 e. The minimum Gasteiger partial charge on any atom is -0.482 e. The van der Waals surface area contributed by atoms with Gasteiger partial charge in [0.1, 0.15) is 5.75 Å². The highest BCUT2D eigenvalue weighted by atomic mass is 16.5. The van der Waals surface area contributed by atoms with E-state index in [-0.39, 0.29) is 12.5 Å². The highest BCUT2D eigenvalue weighted by Gasteiger charge is 2.15. The molecule has 110 valence electrons. The van der Waals surface area contributed by atoms with Crippen LogP contribution in [0.15, 0.2) is 18.2 Å². The third kappa shape index (κ3) is 4.51. The van der Waals surface area contributed by atoms with Gasteiger partial charge in [-0.05, 0) is 43.5 Å². The summed E-state index contributed by atoms with van der Waals surface area (Å²) in [6.07, 6.45) is 3.43. The first-order valence-corrected chi connectivity index (χ1v) is 7.05. The molecule has 0 aliphatic carbocycles. The van der Waals surface area contributed by atoms with Crippen molar-refractivity contribution in [2.45, 2.75) is 25.8 Å². The Morgan fingerprint density at radius 1 is 1.35 bits per heavy atom. The van der Waals surface area contributed by atoms with Gasteiger partial charge in [-0.25, -0.2) is 0 Å². The zero-order chi connectivity index (χ0) is 14.2. The number of methoxy groups -OCH3 is 1. The molecule has 1 aromatic rings. The van der Waals surface area contributed by atoms with Crippen LogP contribution in [0.4, 0.5) is 5.69 Å². The first-order valence-electron chi connectivity index (χ1n) is 7.05. The summed E-state index contributed by atoms with van der Waals surface area (Å²) in [5, 5.41) is 6.22. The van der Waals surface area contributed by atoms with Gasteiger partial charge in [-0.1, -0.05) is 6.07 Å². The Balaban J connectivity index is 1.71. The molecule has 1 aromatic carbocycles. The molecule has 0 unspecified atom stereocenters. The lowest BCUT2D eigenvalue weighted by Crippen LogP contribution is -2.25. The van der Waals surface area contributed by atoms with Crippen molar-refractivity contribution in [1.29, 1.82) is 0 Å². The number of fused-ring (bicyclic) bond motifs is 1. The van der Waals surface area contributed by atoms with Crippen molar-refractivity contribution in [3.8, 4) is 5.75 Å². The number of ether oxygens (including phenoxy) is 2. The van der Waals surface area contributed by atoms with E-state index in [0.717, 1.165) is 49.5 Å². The fraction of sp³-hybridized carbons (Fsp3) is 0.533. The summed E-state index contributed by atoms with van der Waals surface area (Å²) in [7, 11) is 1.73. The number of carbonyl (C=O) groups is 1. The lowest BCUT2D eigenvalue weighted by atomic mass is 10.1. The van der Waals surface area contributed by atoms with Crippen molar-refractivity contribution >= 4 is 11.6 Å². The molecule has 1 heterocycles. The molecule has 0 fully saturated rings. The van der Waals surface area contributed by atoms with Crippen LogP contribution in [0.2, 0.25) is 0 Å². The Kier molecular flexibility index (Phi) is 5.83. The van der Waals surface area contributed by atoms with E-state index in [4.69, 9.17) is 9.47 Å². The van der Waals surface area contributed by atoms with Crippen LogP contribution >= 0.6 is 0 Å². The first kappa shape index (κ1) is 14.8. The molecule has 2 rings (SSSR count). The van der Waals surface area contributed by atoms with Gasteiger partial charge in [0, 0.05) is 20.3 Å². The number of unbranched alkanes of at least 4 members (excludes halogenated alkanes) is 2. The number of amides is 1. The summed E-state index contributed by atoms with van der Waals surface area (Å²) in [5.74, 6) is 0.647. The van der Waals surface area contributed by atoms with E-state index >= 15 is 0 Å². The highest BCUT2D eigenvalue weighted by molar-refractivity contribution is 5.95. The van der Waals surface area contributed by atoms with Crippen LogP contribution in [-0.4, -0.2) is 32.8 Å². The molecule has 5 heteroatoms. The zero-order valence-electron chi connectivity index (χ0n) is 11.9. The van der Waals surface area contributed by atoms with Crippen LogP contribution in [0.1, 0.15) is 24.8 Å². The van der Waals surface area contributed by atoms with Crippen molar-refractivity contribution in [2.24, 2.45) is 0 Å². The fourth-order valence-electron chi connectivity index (χ4n) is 2.15. The van der Waals surface area contributed by atoms with Gasteiger partial charge >= 0.3 is 0 Å². The molecule has 0 saturated carbocycles. The number of rotatable bonds is 8. The summed E-state index contributed by atoms with van der Waals surface area (Å²) in [5.41, 5.74) is 1.91. The number of hydrogen-bond donors (Lipinski definition) is 2. The van der Waals surface area contributed by atoms with E-state index in [2.05, 4.69) is 10.6 Å². The van der Waals surface area contributed by atoms with E-state index in [1.54, 1.807) is 7.11 Å². The molecule has 1 amide bonds. The van der Waals surface area contributed by atoms with Crippen molar-refractivity contribution in [3.05, 3.63) is 23.8 Å². The van der Waals surface area contributed by atoms with Crippen LogP contribution in [0.25, 0.3) is 0 Å². The Morgan fingerprint density at radius 2 is 2.25 bits per heavy atom. The summed E-state index contributed by atoms with van der Waals surface area (Å²) < 4.78 is 10.3. The standard InChI is InChI=1S/C15H22N2O3/c1-19-8-4-2-3-7-16-10-12-5-6-14-13(9-12)17-15(18)11-20-14/h5-6,9,16H,2-4,7-8,10-11H2,1H3,(H,17,18). The summed E-state index contributed by atoms with van der Waals surface area (Å²) >= 11 is 0. The van der Waals surface area contributed by atoms with Gasteiger partial charge in [-0.15, -0.1) is 0 Å². The summed E-state index contributed by atoms with van der Waals surface area (Å²) in [6.45, 7) is 2.73. The molecular formula is C15H22N2O3. The third-order valence-electron chi connectivity index (χ3n) is 3.21. The first-order chi connectivity index (χ1) is 9.79. The van der Waals surface area contributed by atoms with Gasteiger partial charge in [0.05, 0.1) is 5.69 Å². The third-order valence-corrected chi connectivity index (χ3v) is 3.21. The molecule has 0 aromatic heterocycles. The predicted octanol–water partition coefficient (Wildman–Crippen LogP) is 1.92.